The summed E-state index contributed by atoms with van der Waals surface area (Å²) >= 11 is 0. The van der Waals surface area contributed by atoms with Gasteiger partial charge in [0.1, 0.15) is 22.6 Å². The number of aromatic nitrogens is 2. The van der Waals surface area contributed by atoms with Crippen LogP contribution in [-0.4, -0.2) is 76.7 Å². The number of carbonyl (C=O) groups excluding carboxylic acids is 1. The standard InChI is InChI=1S/C28H32F2N6O4S/c29-18-13-19(30)15-22(14-18)41(38)36-6-3-25-24(17-36)27(34-33-25)32-28(37)23-2-1-21(35-7-11-40-12-8-35)16-26(23)31-20-4-9-39-10-5-20/h1-2,13-16,20,31H,3-12,17H2,(H2,32,33,34,37). The van der Waals surface area contributed by atoms with Crippen molar-refractivity contribution < 1.29 is 27.3 Å². The molecule has 0 radical (unpaired) electrons. The second kappa shape index (κ2) is 12.2. The number of carbonyl (C=O) groups is 1. The molecule has 2 aromatic carbocycles. The molecule has 3 aliphatic rings. The van der Waals surface area contributed by atoms with E-state index in [0.717, 1.165) is 61.2 Å². The Morgan fingerprint density at radius 1 is 1.00 bits per heavy atom. The molecule has 1 aromatic heterocycles. The lowest BCUT2D eigenvalue weighted by Crippen LogP contribution is -2.36. The molecule has 41 heavy (non-hydrogen) atoms. The molecule has 2 fully saturated rings. The Balaban J connectivity index is 1.22. The molecule has 0 saturated carbocycles. The SMILES string of the molecule is O=C(Nc1n[nH]c2c1CN(S(=O)c1cc(F)cc(F)c1)CC2)c1ccc(N2CCOCC2)cc1NC1CCOCC1. The molecular weight excluding hydrogens is 554 g/mol. The van der Waals surface area contributed by atoms with Gasteiger partial charge in [0.05, 0.1) is 23.7 Å². The van der Waals surface area contributed by atoms with Crippen molar-refractivity contribution in [2.45, 2.75) is 36.7 Å². The first-order chi connectivity index (χ1) is 19.9. The monoisotopic (exact) mass is 586 g/mol. The van der Waals surface area contributed by atoms with Gasteiger partial charge in [-0.1, -0.05) is 0 Å². The number of hydrogen-bond acceptors (Lipinski definition) is 7. The largest absolute Gasteiger partial charge is 0.381 e. The number of benzene rings is 2. The summed E-state index contributed by atoms with van der Waals surface area (Å²) in [6.07, 6.45) is 2.18. The van der Waals surface area contributed by atoms with Gasteiger partial charge in [-0.25, -0.2) is 17.3 Å². The van der Waals surface area contributed by atoms with Crippen LogP contribution >= 0.6 is 0 Å². The number of nitrogens with zero attached hydrogens (tertiary/aromatic N) is 3. The van der Waals surface area contributed by atoms with Crippen molar-refractivity contribution in [2.75, 3.05) is 61.6 Å². The summed E-state index contributed by atoms with van der Waals surface area (Å²) < 4.78 is 53.3. The van der Waals surface area contributed by atoms with Gasteiger partial charge in [0.25, 0.3) is 5.91 Å². The predicted molar refractivity (Wildman–Crippen MR) is 150 cm³/mol. The molecule has 4 heterocycles. The maximum absolute atomic E-state index is 13.8. The molecule has 1 atom stereocenters. The van der Waals surface area contributed by atoms with Gasteiger partial charge in [-0.3, -0.25) is 9.89 Å². The number of anilines is 3. The summed E-state index contributed by atoms with van der Waals surface area (Å²) in [7, 11) is -1.79. The fourth-order valence-electron chi connectivity index (χ4n) is 5.40. The molecule has 1 amide bonds. The summed E-state index contributed by atoms with van der Waals surface area (Å²) in [5.74, 6) is -1.56. The number of rotatable bonds is 7. The van der Waals surface area contributed by atoms with Crippen LogP contribution in [-0.2, 0) is 33.4 Å². The molecule has 3 aromatic rings. The van der Waals surface area contributed by atoms with Crippen molar-refractivity contribution in [2.24, 2.45) is 0 Å². The van der Waals surface area contributed by atoms with Gasteiger partial charge in [-0.15, -0.1) is 0 Å². The summed E-state index contributed by atoms with van der Waals surface area (Å²) in [4.78, 5) is 15.9. The third-order valence-corrected chi connectivity index (χ3v) is 9.03. The Morgan fingerprint density at radius 2 is 1.73 bits per heavy atom. The number of nitrogens with one attached hydrogen (secondary N) is 3. The molecule has 0 spiro atoms. The van der Waals surface area contributed by atoms with Crippen LogP contribution in [0.5, 0.6) is 0 Å². The van der Waals surface area contributed by atoms with E-state index in [4.69, 9.17) is 9.47 Å². The van der Waals surface area contributed by atoms with Gasteiger partial charge >= 0.3 is 0 Å². The van der Waals surface area contributed by atoms with E-state index in [0.29, 0.717) is 56.3 Å². The smallest absolute Gasteiger partial charge is 0.258 e. The topological polar surface area (TPSA) is 112 Å². The highest BCUT2D eigenvalue weighted by atomic mass is 32.2. The van der Waals surface area contributed by atoms with E-state index in [1.165, 1.54) is 0 Å². The van der Waals surface area contributed by atoms with E-state index < -0.39 is 22.6 Å². The quantitative estimate of drug-likeness (QED) is 0.389. The van der Waals surface area contributed by atoms with E-state index in [2.05, 4.69) is 25.7 Å². The van der Waals surface area contributed by atoms with Crippen molar-refractivity contribution in [3.63, 3.8) is 0 Å². The van der Waals surface area contributed by atoms with E-state index in [-0.39, 0.29) is 23.4 Å². The lowest BCUT2D eigenvalue weighted by molar-refractivity contribution is 0.0904. The number of hydrogen-bond donors (Lipinski definition) is 3. The van der Waals surface area contributed by atoms with Crippen LogP contribution < -0.4 is 15.5 Å². The van der Waals surface area contributed by atoms with Gasteiger partial charge in [0.15, 0.2) is 5.82 Å². The molecule has 13 heteroatoms. The Hall–Kier alpha value is -3.39. The fraction of sp³-hybridized carbons (Fsp3) is 0.429. The predicted octanol–water partition coefficient (Wildman–Crippen LogP) is 3.45. The summed E-state index contributed by atoms with van der Waals surface area (Å²) in [5, 5.41) is 13.8. The van der Waals surface area contributed by atoms with Crippen LogP contribution in [0.25, 0.3) is 0 Å². The molecule has 3 N–H and O–H groups in total. The van der Waals surface area contributed by atoms with Crippen LogP contribution in [0.3, 0.4) is 0 Å². The highest BCUT2D eigenvalue weighted by Crippen LogP contribution is 2.30. The minimum atomic E-state index is -1.79. The first kappa shape index (κ1) is 27.8. The molecule has 2 saturated heterocycles. The van der Waals surface area contributed by atoms with Crippen molar-refractivity contribution >= 4 is 34.1 Å². The summed E-state index contributed by atoms with van der Waals surface area (Å²) in [5.41, 5.74) is 3.75. The minimum absolute atomic E-state index is 0.0456. The van der Waals surface area contributed by atoms with Gasteiger partial charge in [0, 0.05) is 80.6 Å². The van der Waals surface area contributed by atoms with Crippen LogP contribution in [0.2, 0.25) is 0 Å². The van der Waals surface area contributed by atoms with E-state index in [1.54, 1.807) is 4.31 Å². The third kappa shape index (κ3) is 6.27. The maximum Gasteiger partial charge on any atom is 0.258 e. The second-order valence-corrected chi connectivity index (χ2v) is 11.8. The lowest BCUT2D eigenvalue weighted by Gasteiger charge is -2.30. The van der Waals surface area contributed by atoms with E-state index in [9.17, 15) is 17.8 Å². The number of aromatic amines is 1. The van der Waals surface area contributed by atoms with Crippen LogP contribution in [0, 0.1) is 11.6 Å². The molecule has 10 nitrogen and oxygen atoms in total. The number of amides is 1. The number of fused-ring (bicyclic) bond motifs is 1. The Morgan fingerprint density at radius 3 is 2.49 bits per heavy atom. The van der Waals surface area contributed by atoms with Crippen molar-refractivity contribution in [1.82, 2.24) is 14.5 Å². The summed E-state index contributed by atoms with van der Waals surface area (Å²) in [6, 6.07) is 8.85. The van der Waals surface area contributed by atoms with Gasteiger partial charge < -0.3 is 25.0 Å². The first-order valence-electron chi connectivity index (χ1n) is 13.8. The van der Waals surface area contributed by atoms with Gasteiger partial charge in [-0.05, 0) is 43.2 Å². The Bertz CT molecular complexity index is 1420. The number of halogens is 2. The third-order valence-electron chi connectivity index (χ3n) is 7.61. The Kier molecular flexibility index (Phi) is 8.28. The lowest BCUT2D eigenvalue weighted by atomic mass is 10.1. The first-order valence-corrected chi connectivity index (χ1v) is 14.9. The van der Waals surface area contributed by atoms with Crippen molar-refractivity contribution in [1.29, 1.82) is 0 Å². The fourth-order valence-corrected chi connectivity index (χ4v) is 6.63. The molecule has 218 valence electrons. The van der Waals surface area contributed by atoms with E-state index >= 15 is 0 Å². The van der Waals surface area contributed by atoms with Gasteiger partial charge in [0.2, 0.25) is 0 Å². The van der Waals surface area contributed by atoms with Crippen molar-refractivity contribution in [3.8, 4) is 0 Å². The minimum Gasteiger partial charge on any atom is -0.381 e. The van der Waals surface area contributed by atoms with Gasteiger partial charge in [-0.2, -0.15) is 5.10 Å². The van der Waals surface area contributed by atoms with Crippen LogP contribution in [0.15, 0.2) is 41.3 Å². The highest BCUT2D eigenvalue weighted by molar-refractivity contribution is 7.82. The number of morpholine rings is 1. The second-order valence-electron chi connectivity index (χ2n) is 10.3. The molecule has 6 rings (SSSR count). The van der Waals surface area contributed by atoms with Crippen molar-refractivity contribution in [3.05, 3.63) is 64.9 Å². The maximum atomic E-state index is 13.8. The average molecular weight is 587 g/mol. The molecule has 0 bridgehead atoms. The number of ether oxygens (including phenoxy) is 2. The zero-order valence-electron chi connectivity index (χ0n) is 22.5. The Labute approximate surface area is 239 Å². The van der Waals surface area contributed by atoms with Crippen LogP contribution in [0.4, 0.5) is 26.0 Å². The molecule has 3 aliphatic heterocycles. The molecule has 1 unspecified atom stereocenters. The summed E-state index contributed by atoms with van der Waals surface area (Å²) in [6.45, 7) is 4.80. The average Bonchev–Trinajstić information content (AvgIpc) is 3.39. The molecule has 0 aliphatic carbocycles. The highest BCUT2D eigenvalue weighted by Gasteiger charge is 2.28. The normalized spacial score (nSPS) is 19.0. The zero-order valence-corrected chi connectivity index (χ0v) is 23.3. The van der Waals surface area contributed by atoms with E-state index in [1.807, 2.05) is 18.2 Å². The van der Waals surface area contributed by atoms with Crippen LogP contribution in [0.1, 0.15) is 34.5 Å². The number of H-pyrrole nitrogens is 1. The molecular formula is C28H32F2N6O4S. The zero-order chi connectivity index (χ0) is 28.3.